The number of aromatic nitrogens is 3. The Labute approximate surface area is 172 Å². The maximum Gasteiger partial charge on any atom is 0.325 e. The van der Waals surface area contributed by atoms with Gasteiger partial charge in [0.1, 0.15) is 12.2 Å². The fraction of sp³-hybridized carbons (Fsp3) is 0.500. The SMILES string of the molecule is COc1cc2cnn(C(=O)CC#N)c(=O)c2c(N2CCC(CCP(=O)(O)O)CC2)n1. The molecule has 1 aliphatic heterocycles. The van der Waals surface area contributed by atoms with Crippen LogP contribution in [0, 0.1) is 17.2 Å². The van der Waals surface area contributed by atoms with E-state index in [0.717, 1.165) is 0 Å². The lowest BCUT2D eigenvalue weighted by atomic mass is 9.94. The molecule has 11 nitrogen and oxygen atoms in total. The van der Waals surface area contributed by atoms with Crippen molar-refractivity contribution < 1.29 is 23.9 Å². The van der Waals surface area contributed by atoms with E-state index >= 15 is 0 Å². The third-order valence-corrected chi connectivity index (χ3v) is 5.99. The van der Waals surface area contributed by atoms with Crippen LogP contribution in [0.4, 0.5) is 5.82 Å². The molecule has 0 unspecified atom stereocenters. The van der Waals surface area contributed by atoms with E-state index < -0.39 is 25.5 Å². The molecule has 1 aliphatic rings. The number of ether oxygens (including phenoxy) is 1. The number of pyridine rings is 1. The lowest BCUT2D eigenvalue weighted by Crippen LogP contribution is -2.36. The first-order valence-corrected chi connectivity index (χ1v) is 11.2. The second-order valence-electron chi connectivity index (χ2n) is 7.15. The first-order valence-electron chi connectivity index (χ1n) is 9.40. The second-order valence-corrected chi connectivity index (χ2v) is 8.93. The van der Waals surface area contributed by atoms with Crippen LogP contribution in [-0.4, -0.2) is 56.8 Å². The highest BCUT2D eigenvalue weighted by Gasteiger charge is 2.26. The van der Waals surface area contributed by atoms with Crippen LogP contribution in [-0.2, 0) is 4.57 Å². The van der Waals surface area contributed by atoms with Gasteiger partial charge in [-0.2, -0.15) is 20.0 Å². The summed E-state index contributed by atoms with van der Waals surface area (Å²) in [4.78, 5) is 49.5. The molecule has 0 bridgehead atoms. The average molecular weight is 435 g/mol. The van der Waals surface area contributed by atoms with Crippen molar-refractivity contribution >= 4 is 30.1 Å². The highest BCUT2D eigenvalue weighted by atomic mass is 31.2. The number of fused-ring (bicyclic) bond motifs is 1. The molecule has 0 saturated carbocycles. The predicted octanol–water partition coefficient (Wildman–Crippen LogP) is 1.14. The van der Waals surface area contributed by atoms with Gasteiger partial charge in [0.15, 0.2) is 0 Å². The summed E-state index contributed by atoms with van der Waals surface area (Å²) in [6.45, 7) is 1.07. The Morgan fingerprint density at radius 3 is 2.70 bits per heavy atom. The minimum atomic E-state index is -4.02. The number of nitrogens with zero attached hydrogens (tertiary/aromatic N) is 5. The number of carbonyl (C=O) groups is 1. The quantitative estimate of drug-likeness (QED) is 0.630. The van der Waals surface area contributed by atoms with Crippen molar-refractivity contribution in [2.24, 2.45) is 5.92 Å². The monoisotopic (exact) mass is 435 g/mol. The number of carbonyl (C=O) groups excluding carboxylic acids is 1. The van der Waals surface area contributed by atoms with E-state index in [4.69, 9.17) is 19.8 Å². The molecule has 0 spiro atoms. The van der Waals surface area contributed by atoms with Crippen molar-refractivity contribution in [2.75, 3.05) is 31.3 Å². The van der Waals surface area contributed by atoms with Gasteiger partial charge in [0.2, 0.25) is 5.88 Å². The zero-order valence-electron chi connectivity index (χ0n) is 16.4. The fourth-order valence-electron chi connectivity index (χ4n) is 3.56. The van der Waals surface area contributed by atoms with Crippen LogP contribution in [0.5, 0.6) is 5.88 Å². The molecule has 0 aromatic carbocycles. The Balaban J connectivity index is 1.94. The van der Waals surface area contributed by atoms with Gasteiger partial charge in [-0.15, -0.1) is 0 Å². The fourth-order valence-corrected chi connectivity index (χ4v) is 4.27. The van der Waals surface area contributed by atoms with Crippen molar-refractivity contribution in [1.29, 1.82) is 5.26 Å². The smallest absolute Gasteiger partial charge is 0.325 e. The van der Waals surface area contributed by atoms with Crippen LogP contribution >= 0.6 is 7.60 Å². The Bertz CT molecular complexity index is 1100. The van der Waals surface area contributed by atoms with E-state index in [-0.39, 0.29) is 17.5 Å². The van der Waals surface area contributed by atoms with Gasteiger partial charge in [0.25, 0.3) is 11.5 Å². The molecule has 12 heteroatoms. The largest absolute Gasteiger partial charge is 0.481 e. The summed E-state index contributed by atoms with van der Waals surface area (Å²) in [6, 6.07) is 3.27. The number of nitriles is 1. The highest BCUT2D eigenvalue weighted by Crippen LogP contribution is 2.38. The standard InChI is InChI=1S/C18H22N5O6P/c1-29-14-10-13-11-20-23(15(24)2-6-19)18(25)16(13)17(21-14)22-7-3-12(4-8-22)5-9-30(26,27)28/h10-12H,2-5,7-9H2,1H3,(H2,26,27,28). The van der Waals surface area contributed by atoms with E-state index in [9.17, 15) is 14.2 Å². The summed E-state index contributed by atoms with van der Waals surface area (Å²) in [5, 5.41) is 13.3. The maximum absolute atomic E-state index is 13.0. The van der Waals surface area contributed by atoms with Crippen LogP contribution in [0.1, 0.15) is 30.5 Å². The molecule has 1 saturated heterocycles. The summed E-state index contributed by atoms with van der Waals surface area (Å²) < 4.78 is 17.0. The molecule has 0 atom stereocenters. The van der Waals surface area contributed by atoms with Crippen LogP contribution in [0.15, 0.2) is 17.1 Å². The normalized spacial score (nSPS) is 15.2. The molecule has 0 amide bonds. The van der Waals surface area contributed by atoms with Crippen LogP contribution in [0.2, 0.25) is 0 Å². The predicted molar refractivity (Wildman–Crippen MR) is 108 cm³/mol. The molecule has 3 heterocycles. The Morgan fingerprint density at radius 2 is 2.10 bits per heavy atom. The van der Waals surface area contributed by atoms with Crippen molar-refractivity contribution in [3.05, 3.63) is 22.6 Å². The van der Waals surface area contributed by atoms with E-state index in [1.165, 1.54) is 13.3 Å². The molecule has 0 aliphatic carbocycles. The van der Waals surface area contributed by atoms with Crippen molar-refractivity contribution in [3.8, 4) is 11.9 Å². The third-order valence-electron chi connectivity index (χ3n) is 5.14. The minimum Gasteiger partial charge on any atom is -0.481 e. The summed E-state index contributed by atoms with van der Waals surface area (Å²) in [6.07, 6.45) is 2.56. The van der Waals surface area contributed by atoms with Crippen molar-refractivity contribution in [3.63, 3.8) is 0 Å². The summed E-state index contributed by atoms with van der Waals surface area (Å²) >= 11 is 0. The summed E-state index contributed by atoms with van der Waals surface area (Å²) in [7, 11) is -2.57. The summed E-state index contributed by atoms with van der Waals surface area (Å²) in [5.74, 6) is 0.107. The maximum atomic E-state index is 13.0. The van der Waals surface area contributed by atoms with Crippen molar-refractivity contribution in [1.82, 2.24) is 14.8 Å². The molecule has 30 heavy (non-hydrogen) atoms. The van der Waals surface area contributed by atoms with Gasteiger partial charge in [-0.3, -0.25) is 14.2 Å². The van der Waals surface area contributed by atoms with Crippen LogP contribution < -0.4 is 15.2 Å². The number of hydrogen-bond acceptors (Lipinski definition) is 8. The summed E-state index contributed by atoms with van der Waals surface area (Å²) in [5.41, 5.74) is -0.651. The number of piperidine rings is 1. The Kier molecular flexibility index (Phi) is 6.51. The Hall–Kier alpha value is -2.80. The van der Waals surface area contributed by atoms with E-state index in [0.29, 0.717) is 54.1 Å². The molecule has 1 fully saturated rings. The molecule has 160 valence electrons. The Morgan fingerprint density at radius 1 is 1.40 bits per heavy atom. The average Bonchev–Trinajstić information content (AvgIpc) is 2.71. The molecule has 2 aromatic rings. The number of hydrogen-bond donors (Lipinski definition) is 2. The number of rotatable bonds is 6. The highest BCUT2D eigenvalue weighted by molar-refractivity contribution is 7.51. The first-order chi connectivity index (χ1) is 14.2. The molecule has 3 rings (SSSR count). The molecular weight excluding hydrogens is 413 g/mol. The topological polar surface area (TPSA) is 159 Å². The molecule has 0 radical (unpaired) electrons. The van der Waals surface area contributed by atoms with Gasteiger partial charge >= 0.3 is 7.60 Å². The van der Waals surface area contributed by atoms with Gasteiger partial charge in [-0.25, -0.2) is 0 Å². The second kappa shape index (κ2) is 8.92. The van der Waals surface area contributed by atoms with Crippen molar-refractivity contribution in [2.45, 2.75) is 25.7 Å². The van der Waals surface area contributed by atoms with E-state index in [1.807, 2.05) is 4.90 Å². The van der Waals surface area contributed by atoms with E-state index in [1.54, 1.807) is 12.1 Å². The minimum absolute atomic E-state index is 0.143. The van der Waals surface area contributed by atoms with E-state index in [2.05, 4.69) is 10.1 Å². The number of anilines is 1. The van der Waals surface area contributed by atoms with Gasteiger partial charge in [-0.05, 0) is 25.2 Å². The molecule has 2 N–H and O–H groups in total. The zero-order chi connectivity index (χ0) is 21.9. The van der Waals surface area contributed by atoms with Crippen LogP contribution in [0.25, 0.3) is 10.8 Å². The first kappa shape index (κ1) is 21.9. The number of methoxy groups -OCH3 is 1. The van der Waals surface area contributed by atoms with Crippen LogP contribution in [0.3, 0.4) is 0 Å². The lowest BCUT2D eigenvalue weighted by Gasteiger charge is -2.33. The van der Waals surface area contributed by atoms with Gasteiger partial charge in [-0.1, -0.05) is 0 Å². The lowest BCUT2D eigenvalue weighted by molar-refractivity contribution is 0.0898. The van der Waals surface area contributed by atoms with Gasteiger partial charge < -0.3 is 19.4 Å². The molecular formula is C18H22N5O6P. The van der Waals surface area contributed by atoms with Gasteiger partial charge in [0.05, 0.1) is 30.9 Å². The van der Waals surface area contributed by atoms with Gasteiger partial charge in [0, 0.05) is 24.5 Å². The third kappa shape index (κ3) is 4.84. The zero-order valence-corrected chi connectivity index (χ0v) is 17.3. The molecule has 2 aromatic heterocycles.